The average molecular weight is 368 g/mol. The van der Waals surface area contributed by atoms with Crippen molar-refractivity contribution in [2.75, 3.05) is 19.6 Å². The third-order valence-electron chi connectivity index (χ3n) is 5.39. The van der Waals surface area contributed by atoms with Crippen molar-refractivity contribution in [2.24, 2.45) is 0 Å². The predicted octanol–water partition coefficient (Wildman–Crippen LogP) is 3.31. The van der Waals surface area contributed by atoms with E-state index in [1.165, 1.54) is 6.42 Å². The standard InChI is InChI=1S/C20H24N4O3/c1-4-24-10-6-8-14(24)11-21-19(25)20-22-18(23-27-20)17-13(3)15-9-5-7-12(2)16(15)26-17/h5,7,9,14H,4,6,8,10-11H2,1-3H3,(H,21,25)/t14-/m1/s1. The van der Waals surface area contributed by atoms with Gasteiger partial charge >= 0.3 is 11.8 Å². The van der Waals surface area contributed by atoms with E-state index in [2.05, 4.69) is 27.3 Å². The van der Waals surface area contributed by atoms with Crippen molar-refractivity contribution in [2.45, 2.75) is 39.7 Å². The number of aromatic nitrogens is 2. The van der Waals surface area contributed by atoms with Gasteiger partial charge in [-0.25, -0.2) is 0 Å². The number of fused-ring (bicyclic) bond motifs is 1. The average Bonchev–Trinajstić information content (AvgIpc) is 3.39. The summed E-state index contributed by atoms with van der Waals surface area (Å²) in [6.07, 6.45) is 2.27. The fourth-order valence-corrected chi connectivity index (χ4v) is 3.83. The lowest BCUT2D eigenvalue weighted by molar-refractivity contribution is 0.0897. The summed E-state index contributed by atoms with van der Waals surface area (Å²) < 4.78 is 11.1. The lowest BCUT2D eigenvalue weighted by atomic mass is 10.1. The molecule has 1 aliphatic rings. The molecule has 7 heteroatoms. The maximum atomic E-state index is 12.4. The number of hydrogen-bond donors (Lipinski definition) is 1. The summed E-state index contributed by atoms with van der Waals surface area (Å²) in [5, 5.41) is 7.88. The Bertz CT molecular complexity index is 975. The number of likely N-dealkylation sites (tertiary alicyclic amines) is 1. The Morgan fingerprint density at radius 1 is 1.37 bits per heavy atom. The normalized spacial score (nSPS) is 17.7. The summed E-state index contributed by atoms with van der Waals surface area (Å²) in [5.41, 5.74) is 2.79. The van der Waals surface area contributed by atoms with E-state index in [9.17, 15) is 4.79 Å². The molecule has 7 nitrogen and oxygen atoms in total. The Morgan fingerprint density at radius 2 is 2.22 bits per heavy atom. The van der Waals surface area contributed by atoms with E-state index in [0.29, 0.717) is 24.2 Å². The van der Waals surface area contributed by atoms with Crippen LogP contribution >= 0.6 is 0 Å². The topological polar surface area (TPSA) is 84.4 Å². The van der Waals surface area contributed by atoms with Gasteiger partial charge in [-0.1, -0.05) is 30.3 Å². The smallest absolute Gasteiger partial charge is 0.316 e. The first kappa shape index (κ1) is 17.7. The zero-order valence-electron chi connectivity index (χ0n) is 15.9. The van der Waals surface area contributed by atoms with Gasteiger partial charge in [-0.2, -0.15) is 4.98 Å². The van der Waals surface area contributed by atoms with Crippen LogP contribution in [0.3, 0.4) is 0 Å². The SMILES string of the molecule is CCN1CCC[C@@H]1CNC(=O)c1nc(-c2oc3c(C)cccc3c2C)no1. The molecule has 1 aliphatic heterocycles. The van der Waals surface area contributed by atoms with Crippen LogP contribution in [0, 0.1) is 13.8 Å². The van der Waals surface area contributed by atoms with Crippen LogP contribution in [0.2, 0.25) is 0 Å². The van der Waals surface area contributed by atoms with E-state index >= 15 is 0 Å². The summed E-state index contributed by atoms with van der Waals surface area (Å²) >= 11 is 0. The number of rotatable bonds is 5. The van der Waals surface area contributed by atoms with E-state index in [1.54, 1.807) is 0 Å². The zero-order valence-corrected chi connectivity index (χ0v) is 15.9. The lowest BCUT2D eigenvalue weighted by Gasteiger charge is -2.22. The first-order valence-corrected chi connectivity index (χ1v) is 9.43. The molecule has 1 amide bonds. The van der Waals surface area contributed by atoms with E-state index in [4.69, 9.17) is 8.94 Å². The first-order chi connectivity index (χ1) is 13.1. The van der Waals surface area contributed by atoms with E-state index < -0.39 is 0 Å². The number of nitrogens with zero attached hydrogens (tertiary/aromatic N) is 3. The summed E-state index contributed by atoms with van der Waals surface area (Å²) in [5.74, 6) is 0.448. The Hall–Kier alpha value is -2.67. The van der Waals surface area contributed by atoms with Crippen molar-refractivity contribution >= 4 is 16.9 Å². The van der Waals surface area contributed by atoms with Gasteiger partial charge in [-0.05, 0) is 45.3 Å². The van der Waals surface area contributed by atoms with Crippen LogP contribution in [0.4, 0.5) is 0 Å². The van der Waals surface area contributed by atoms with Crippen molar-refractivity contribution in [3.8, 4) is 11.6 Å². The number of amides is 1. The summed E-state index contributed by atoms with van der Waals surface area (Å²) in [4.78, 5) is 19.0. The third kappa shape index (κ3) is 3.23. The number of carbonyl (C=O) groups is 1. The molecule has 27 heavy (non-hydrogen) atoms. The minimum Gasteiger partial charge on any atom is -0.452 e. The molecule has 1 N–H and O–H groups in total. The number of benzene rings is 1. The molecule has 0 aliphatic carbocycles. The van der Waals surface area contributed by atoms with Crippen LogP contribution < -0.4 is 5.32 Å². The molecule has 0 spiro atoms. The highest BCUT2D eigenvalue weighted by atomic mass is 16.5. The molecule has 3 aromatic rings. The van der Waals surface area contributed by atoms with Gasteiger partial charge in [-0.15, -0.1) is 0 Å². The van der Waals surface area contributed by atoms with Gasteiger partial charge in [0, 0.05) is 23.5 Å². The molecule has 0 radical (unpaired) electrons. The highest BCUT2D eigenvalue weighted by molar-refractivity contribution is 5.91. The van der Waals surface area contributed by atoms with Gasteiger partial charge in [-0.3, -0.25) is 9.69 Å². The summed E-state index contributed by atoms with van der Waals surface area (Å²) in [6, 6.07) is 6.36. The first-order valence-electron chi connectivity index (χ1n) is 9.43. The number of nitrogens with one attached hydrogen (secondary N) is 1. The molecule has 1 aromatic carbocycles. The third-order valence-corrected chi connectivity index (χ3v) is 5.39. The molecule has 3 heterocycles. The van der Waals surface area contributed by atoms with Crippen LogP contribution in [0.25, 0.3) is 22.6 Å². The second-order valence-corrected chi connectivity index (χ2v) is 7.07. The number of hydrogen-bond acceptors (Lipinski definition) is 6. The Labute approximate surface area is 157 Å². The van der Waals surface area contributed by atoms with Gasteiger partial charge in [0.1, 0.15) is 5.58 Å². The van der Waals surface area contributed by atoms with Gasteiger partial charge in [0.2, 0.25) is 5.82 Å². The number of aryl methyl sites for hydroxylation is 2. The molecule has 1 fully saturated rings. The van der Waals surface area contributed by atoms with Crippen LogP contribution in [0.1, 0.15) is 41.6 Å². The Kier molecular flexibility index (Phi) is 4.70. The number of para-hydroxylation sites is 1. The van der Waals surface area contributed by atoms with Crippen LogP contribution in [0.5, 0.6) is 0 Å². The van der Waals surface area contributed by atoms with E-state index in [-0.39, 0.29) is 11.8 Å². The number of likely N-dealkylation sites (N-methyl/N-ethyl adjacent to an activating group) is 1. The molecule has 0 bridgehead atoms. The quantitative estimate of drug-likeness (QED) is 0.744. The van der Waals surface area contributed by atoms with Gasteiger partial charge in [0.25, 0.3) is 0 Å². The van der Waals surface area contributed by atoms with Gasteiger partial charge in [0.15, 0.2) is 5.76 Å². The number of carbonyl (C=O) groups excluding carboxylic acids is 1. The lowest BCUT2D eigenvalue weighted by Crippen LogP contribution is -2.40. The summed E-state index contributed by atoms with van der Waals surface area (Å²) in [6.45, 7) is 8.76. The minimum absolute atomic E-state index is 0.0392. The monoisotopic (exact) mass is 368 g/mol. The Balaban J connectivity index is 1.51. The van der Waals surface area contributed by atoms with Crippen LogP contribution in [-0.4, -0.2) is 46.6 Å². The molecule has 1 saturated heterocycles. The van der Waals surface area contributed by atoms with Crippen LogP contribution in [-0.2, 0) is 0 Å². The molecule has 2 aromatic heterocycles. The molecule has 1 atom stereocenters. The van der Waals surface area contributed by atoms with E-state index in [0.717, 1.165) is 41.6 Å². The van der Waals surface area contributed by atoms with Crippen LogP contribution in [0.15, 0.2) is 27.1 Å². The van der Waals surface area contributed by atoms with Crippen molar-refractivity contribution < 1.29 is 13.7 Å². The molecule has 0 saturated carbocycles. The fourth-order valence-electron chi connectivity index (χ4n) is 3.83. The largest absolute Gasteiger partial charge is 0.452 e. The van der Waals surface area contributed by atoms with Crippen molar-refractivity contribution in [3.05, 3.63) is 35.2 Å². The highest BCUT2D eigenvalue weighted by Gasteiger charge is 2.25. The van der Waals surface area contributed by atoms with Crippen molar-refractivity contribution in [1.29, 1.82) is 0 Å². The second-order valence-electron chi connectivity index (χ2n) is 7.07. The molecule has 0 unspecified atom stereocenters. The van der Waals surface area contributed by atoms with Gasteiger partial charge < -0.3 is 14.3 Å². The highest BCUT2D eigenvalue weighted by Crippen LogP contribution is 2.33. The maximum absolute atomic E-state index is 12.4. The van der Waals surface area contributed by atoms with Gasteiger partial charge in [0.05, 0.1) is 0 Å². The molecular weight excluding hydrogens is 344 g/mol. The number of furan rings is 1. The fraction of sp³-hybridized carbons (Fsp3) is 0.450. The van der Waals surface area contributed by atoms with Crippen molar-refractivity contribution in [3.63, 3.8) is 0 Å². The maximum Gasteiger partial charge on any atom is 0.316 e. The molecular formula is C20H24N4O3. The van der Waals surface area contributed by atoms with Crippen molar-refractivity contribution in [1.82, 2.24) is 20.4 Å². The Morgan fingerprint density at radius 3 is 3.00 bits per heavy atom. The molecule has 142 valence electrons. The molecule has 4 rings (SSSR count). The minimum atomic E-state index is -0.346. The second kappa shape index (κ2) is 7.15. The summed E-state index contributed by atoms with van der Waals surface area (Å²) in [7, 11) is 0. The van der Waals surface area contributed by atoms with E-state index in [1.807, 2.05) is 32.0 Å². The predicted molar refractivity (Wildman–Crippen MR) is 102 cm³/mol. The zero-order chi connectivity index (χ0) is 19.0.